The van der Waals surface area contributed by atoms with Crippen LogP contribution in [0, 0.1) is 10.1 Å². The first-order valence-electron chi connectivity index (χ1n) is 6.06. The van der Waals surface area contributed by atoms with Gasteiger partial charge in [0.1, 0.15) is 5.75 Å². The van der Waals surface area contributed by atoms with E-state index in [0.29, 0.717) is 17.1 Å². The molecular weight excluding hydrogens is 276 g/mol. The summed E-state index contributed by atoms with van der Waals surface area (Å²) >= 11 is 0. The number of aromatic nitrogens is 1. The molecule has 1 aromatic heterocycles. The Morgan fingerprint density at radius 2 is 2.24 bits per heavy atom. The molecule has 8 nitrogen and oxygen atoms in total. The van der Waals surface area contributed by atoms with E-state index >= 15 is 0 Å². The fourth-order valence-corrected chi connectivity index (χ4v) is 1.94. The first kappa shape index (κ1) is 12.9. The molecule has 0 saturated carbocycles. The minimum absolute atomic E-state index is 0.0223. The van der Waals surface area contributed by atoms with Crippen molar-refractivity contribution in [2.45, 2.75) is 0 Å². The number of nitro groups is 1. The van der Waals surface area contributed by atoms with Crippen LogP contribution < -0.4 is 15.4 Å². The van der Waals surface area contributed by atoms with Crippen LogP contribution in [0.3, 0.4) is 0 Å². The van der Waals surface area contributed by atoms with Gasteiger partial charge in [-0.05, 0) is 24.3 Å². The first-order valence-corrected chi connectivity index (χ1v) is 6.06. The Hall–Kier alpha value is -3.16. The number of nitrogens with one attached hydrogen (secondary N) is 2. The molecule has 3 rings (SSSR count). The van der Waals surface area contributed by atoms with E-state index in [-0.39, 0.29) is 24.0 Å². The van der Waals surface area contributed by atoms with E-state index in [9.17, 15) is 14.9 Å². The molecule has 2 aromatic rings. The van der Waals surface area contributed by atoms with Gasteiger partial charge in [-0.3, -0.25) is 14.9 Å². The van der Waals surface area contributed by atoms with Gasteiger partial charge in [-0.25, -0.2) is 4.98 Å². The molecule has 1 aliphatic rings. The van der Waals surface area contributed by atoms with Crippen molar-refractivity contribution in [3.63, 3.8) is 0 Å². The lowest BCUT2D eigenvalue weighted by atomic mass is 10.2. The van der Waals surface area contributed by atoms with E-state index in [1.54, 1.807) is 18.2 Å². The lowest BCUT2D eigenvalue weighted by Crippen LogP contribution is -2.25. The van der Waals surface area contributed by atoms with Crippen molar-refractivity contribution in [1.82, 2.24) is 4.98 Å². The smallest absolute Gasteiger partial charge is 0.311 e. The van der Waals surface area contributed by atoms with E-state index in [2.05, 4.69) is 15.6 Å². The summed E-state index contributed by atoms with van der Waals surface area (Å²) in [5, 5.41) is 16.5. The molecule has 0 unspecified atom stereocenters. The van der Waals surface area contributed by atoms with Crippen LogP contribution in [0.1, 0.15) is 0 Å². The van der Waals surface area contributed by atoms with E-state index in [1.165, 1.54) is 18.3 Å². The minimum atomic E-state index is -0.515. The van der Waals surface area contributed by atoms with Crippen molar-refractivity contribution < 1.29 is 14.5 Å². The zero-order chi connectivity index (χ0) is 14.8. The van der Waals surface area contributed by atoms with Gasteiger partial charge in [-0.1, -0.05) is 0 Å². The predicted octanol–water partition coefficient (Wildman–Crippen LogP) is 2.06. The predicted molar refractivity (Wildman–Crippen MR) is 74.7 cm³/mol. The highest BCUT2D eigenvalue weighted by molar-refractivity contribution is 5.96. The van der Waals surface area contributed by atoms with Crippen molar-refractivity contribution in [1.29, 1.82) is 0 Å². The van der Waals surface area contributed by atoms with Crippen LogP contribution in [0.5, 0.6) is 5.75 Å². The number of rotatable bonds is 3. The molecule has 1 aromatic carbocycles. The average Bonchev–Trinajstić information content (AvgIpc) is 2.47. The molecule has 2 N–H and O–H groups in total. The highest BCUT2D eigenvalue weighted by Crippen LogP contribution is 2.32. The number of hydrogen-bond donors (Lipinski definition) is 2. The molecule has 8 heteroatoms. The van der Waals surface area contributed by atoms with E-state index < -0.39 is 4.92 Å². The Morgan fingerprint density at radius 1 is 1.38 bits per heavy atom. The number of ether oxygens (including phenoxy) is 1. The zero-order valence-electron chi connectivity index (χ0n) is 10.7. The molecule has 0 aliphatic carbocycles. The lowest BCUT2D eigenvalue weighted by Gasteiger charge is -2.18. The molecule has 21 heavy (non-hydrogen) atoms. The Labute approximate surface area is 118 Å². The second-order valence-corrected chi connectivity index (χ2v) is 4.30. The summed E-state index contributed by atoms with van der Waals surface area (Å²) in [5.74, 6) is 0.435. The molecule has 0 bridgehead atoms. The van der Waals surface area contributed by atoms with E-state index in [0.717, 1.165) is 0 Å². The first-order chi connectivity index (χ1) is 10.1. The Balaban J connectivity index is 1.91. The number of hydrogen-bond acceptors (Lipinski definition) is 6. The molecular formula is C13H10N4O4. The van der Waals surface area contributed by atoms with Gasteiger partial charge in [-0.15, -0.1) is 0 Å². The number of amides is 1. The van der Waals surface area contributed by atoms with Gasteiger partial charge in [-0.2, -0.15) is 0 Å². The van der Waals surface area contributed by atoms with Crippen molar-refractivity contribution in [3.05, 3.63) is 46.6 Å². The Morgan fingerprint density at radius 3 is 3.05 bits per heavy atom. The third-order valence-electron chi connectivity index (χ3n) is 2.86. The lowest BCUT2D eigenvalue weighted by molar-refractivity contribution is -0.384. The minimum Gasteiger partial charge on any atom is -0.482 e. The van der Waals surface area contributed by atoms with Crippen LogP contribution in [0.4, 0.5) is 22.9 Å². The summed E-state index contributed by atoms with van der Waals surface area (Å²) in [6, 6.07) is 7.84. The third kappa shape index (κ3) is 2.59. The molecule has 0 fully saturated rings. The third-order valence-corrected chi connectivity index (χ3v) is 2.86. The summed E-state index contributed by atoms with van der Waals surface area (Å²) in [6.45, 7) is -0.0223. The average molecular weight is 286 g/mol. The van der Waals surface area contributed by atoms with Crippen molar-refractivity contribution in [2.24, 2.45) is 0 Å². The fraction of sp³-hybridized carbons (Fsp3) is 0.0769. The number of anilines is 3. The summed E-state index contributed by atoms with van der Waals surface area (Å²) in [6.07, 6.45) is 1.46. The summed E-state index contributed by atoms with van der Waals surface area (Å²) in [5.41, 5.74) is 0.937. The largest absolute Gasteiger partial charge is 0.482 e. The van der Waals surface area contributed by atoms with E-state index in [4.69, 9.17) is 4.74 Å². The Kier molecular flexibility index (Phi) is 3.11. The van der Waals surface area contributed by atoms with Crippen LogP contribution in [0.2, 0.25) is 0 Å². The number of carbonyl (C=O) groups is 1. The fourth-order valence-electron chi connectivity index (χ4n) is 1.94. The standard InChI is InChI=1S/C13H10N4O4/c18-12-7-21-11-4-3-8(6-9(11)16-12)15-13-10(17(19)20)2-1-5-14-13/h1-6H,7H2,(H,14,15)(H,16,18). The maximum absolute atomic E-state index is 11.3. The highest BCUT2D eigenvalue weighted by atomic mass is 16.6. The molecule has 0 atom stereocenters. The van der Waals surface area contributed by atoms with Gasteiger partial charge in [0.05, 0.1) is 10.6 Å². The van der Waals surface area contributed by atoms with Gasteiger partial charge in [0, 0.05) is 18.0 Å². The number of benzene rings is 1. The van der Waals surface area contributed by atoms with Gasteiger partial charge in [0.25, 0.3) is 5.91 Å². The van der Waals surface area contributed by atoms with Gasteiger partial charge < -0.3 is 15.4 Å². The maximum Gasteiger partial charge on any atom is 0.311 e. The van der Waals surface area contributed by atoms with Gasteiger partial charge in [0.15, 0.2) is 6.61 Å². The molecule has 1 amide bonds. The number of carbonyl (C=O) groups excluding carboxylic acids is 1. The van der Waals surface area contributed by atoms with Crippen LogP contribution in [0.15, 0.2) is 36.5 Å². The quantitative estimate of drug-likeness (QED) is 0.660. The second-order valence-electron chi connectivity index (χ2n) is 4.30. The SMILES string of the molecule is O=C1COc2ccc(Nc3ncccc3[N+](=O)[O-])cc2N1. The normalized spacial score (nSPS) is 12.9. The maximum atomic E-state index is 11.3. The van der Waals surface area contributed by atoms with Crippen LogP contribution in [-0.2, 0) is 4.79 Å². The molecule has 1 aliphatic heterocycles. The summed E-state index contributed by atoms with van der Waals surface area (Å²) in [7, 11) is 0. The zero-order valence-corrected chi connectivity index (χ0v) is 10.7. The molecule has 106 valence electrons. The topological polar surface area (TPSA) is 106 Å². The number of fused-ring (bicyclic) bond motifs is 1. The Bertz CT molecular complexity index is 732. The second kappa shape index (κ2) is 5.08. The van der Waals surface area contributed by atoms with Crippen LogP contribution in [-0.4, -0.2) is 22.4 Å². The molecule has 0 spiro atoms. The van der Waals surface area contributed by atoms with Crippen molar-refractivity contribution in [2.75, 3.05) is 17.2 Å². The monoisotopic (exact) mass is 286 g/mol. The number of pyridine rings is 1. The van der Waals surface area contributed by atoms with Gasteiger partial charge >= 0.3 is 5.69 Å². The molecule has 0 radical (unpaired) electrons. The molecule has 0 saturated heterocycles. The van der Waals surface area contributed by atoms with Crippen molar-refractivity contribution >= 4 is 28.8 Å². The van der Waals surface area contributed by atoms with Crippen LogP contribution >= 0.6 is 0 Å². The highest BCUT2D eigenvalue weighted by Gasteiger charge is 2.18. The number of nitrogens with zero attached hydrogens (tertiary/aromatic N) is 2. The summed E-state index contributed by atoms with van der Waals surface area (Å²) in [4.78, 5) is 25.7. The van der Waals surface area contributed by atoms with Crippen LogP contribution in [0.25, 0.3) is 0 Å². The van der Waals surface area contributed by atoms with E-state index in [1.807, 2.05) is 0 Å². The molecule has 2 heterocycles. The van der Waals surface area contributed by atoms with Gasteiger partial charge in [0.2, 0.25) is 5.82 Å². The summed E-state index contributed by atoms with van der Waals surface area (Å²) < 4.78 is 5.24. The van der Waals surface area contributed by atoms with Crippen molar-refractivity contribution in [3.8, 4) is 5.75 Å².